The summed E-state index contributed by atoms with van der Waals surface area (Å²) in [4.78, 5) is 8.69. The third-order valence-electron chi connectivity index (χ3n) is 1.84. The molecule has 0 amide bonds. The van der Waals surface area contributed by atoms with Crippen molar-refractivity contribution in [1.29, 1.82) is 0 Å². The summed E-state index contributed by atoms with van der Waals surface area (Å²) in [6.45, 7) is 0. The lowest BCUT2D eigenvalue weighted by atomic mass is 10.3. The van der Waals surface area contributed by atoms with E-state index in [9.17, 15) is 0 Å². The Morgan fingerprint density at radius 1 is 1.07 bits per heavy atom. The van der Waals surface area contributed by atoms with E-state index in [1.165, 1.54) is 0 Å². The van der Waals surface area contributed by atoms with Gasteiger partial charge < -0.3 is 5.32 Å². The molecular formula is C11H9N3S. The highest BCUT2D eigenvalue weighted by Crippen LogP contribution is 2.06. The molecule has 0 aliphatic carbocycles. The maximum absolute atomic E-state index is 5.21. The normalized spacial score (nSPS) is 9.60. The third kappa shape index (κ3) is 2.57. The lowest BCUT2D eigenvalue weighted by Gasteiger charge is -2.05. The van der Waals surface area contributed by atoms with Gasteiger partial charge in [0.2, 0.25) is 0 Å². The van der Waals surface area contributed by atoms with Gasteiger partial charge in [0.1, 0.15) is 4.99 Å². The predicted octanol–water partition coefficient (Wildman–Crippen LogP) is 2.26. The van der Waals surface area contributed by atoms with Gasteiger partial charge in [-0.2, -0.15) is 0 Å². The van der Waals surface area contributed by atoms with Gasteiger partial charge in [0, 0.05) is 24.3 Å². The second-order valence-corrected chi connectivity index (χ2v) is 3.31. The molecule has 0 aliphatic heterocycles. The third-order valence-corrected chi connectivity index (χ3v) is 2.15. The SMILES string of the molecule is S=C(Nc1ccncc1)c1ccccn1. The van der Waals surface area contributed by atoms with E-state index in [1.807, 2.05) is 30.3 Å². The van der Waals surface area contributed by atoms with Crippen LogP contribution in [-0.2, 0) is 0 Å². The molecule has 2 aromatic rings. The molecule has 0 fully saturated rings. The number of rotatable bonds is 2. The standard InChI is InChI=1S/C11H9N3S/c15-11(10-3-1-2-6-13-10)14-9-4-7-12-8-5-9/h1-8H,(H,12,14,15). The van der Waals surface area contributed by atoms with Crippen LogP contribution in [0.15, 0.2) is 48.9 Å². The van der Waals surface area contributed by atoms with Crippen LogP contribution in [0.1, 0.15) is 5.69 Å². The molecule has 74 valence electrons. The van der Waals surface area contributed by atoms with Crippen LogP contribution in [0.2, 0.25) is 0 Å². The summed E-state index contributed by atoms with van der Waals surface area (Å²) in [7, 11) is 0. The summed E-state index contributed by atoms with van der Waals surface area (Å²) in [6, 6.07) is 9.35. The van der Waals surface area contributed by atoms with Gasteiger partial charge in [-0.05, 0) is 24.3 Å². The maximum atomic E-state index is 5.21. The number of nitrogens with one attached hydrogen (secondary N) is 1. The lowest BCUT2D eigenvalue weighted by molar-refractivity contribution is 1.29. The second kappa shape index (κ2) is 4.61. The zero-order chi connectivity index (χ0) is 10.5. The van der Waals surface area contributed by atoms with Crippen molar-refractivity contribution in [3.8, 4) is 0 Å². The Bertz CT molecular complexity index is 442. The number of pyridine rings is 2. The molecule has 2 rings (SSSR count). The van der Waals surface area contributed by atoms with Gasteiger partial charge in [0.25, 0.3) is 0 Å². The summed E-state index contributed by atoms with van der Waals surface area (Å²) in [5, 5.41) is 3.09. The molecule has 0 saturated carbocycles. The van der Waals surface area contributed by atoms with Crippen molar-refractivity contribution in [2.75, 3.05) is 5.32 Å². The minimum Gasteiger partial charge on any atom is -0.345 e. The Morgan fingerprint density at radius 2 is 1.87 bits per heavy atom. The number of aromatic nitrogens is 2. The van der Waals surface area contributed by atoms with Crippen molar-refractivity contribution in [1.82, 2.24) is 9.97 Å². The summed E-state index contributed by atoms with van der Waals surface area (Å²) < 4.78 is 0. The summed E-state index contributed by atoms with van der Waals surface area (Å²) in [5.41, 5.74) is 1.69. The highest BCUT2D eigenvalue weighted by atomic mass is 32.1. The molecule has 0 unspecified atom stereocenters. The van der Waals surface area contributed by atoms with Crippen LogP contribution < -0.4 is 5.32 Å². The molecular weight excluding hydrogens is 206 g/mol. The minimum absolute atomic E-state index is 0.613. The maximum Gasteiger partial charge on any atom is 0.129 e. The molecule has 2 aromatic heterocycles. The fraction of sp³-hybridized carbons (Fsp3) is 0. The topological polar surface area (TPSA) is 37.8 Å². The Balaban J connectivity index is 2.12. The van der Waals surface area contributed by atoms with E-state index in [0.29, 0.717) is 4.99 Å². The fourth-order valence-electron chi connectivity index (χ4n) is 1.13. The smallest absolute Gasteiger partial charge is 0.129 e. The Labute approximate surface area is 93.2 Å². The number of thiocarbonyl (C=S) groups is 1. The first-order valence-electron chi connectivity index (χ1n) is 4.49. The molecule has 2 heterocycles. The molecule has 0 radical (unpaired) electrons. The summed E-state index contributed by atoms with van der Waals surface area (Å²) in [5.74, 6) is 0. The Morgan fingerprint density at radius 3 is 2.53 bits per heavy atom. The molecule has 15 heavy (non-hydrogen) atoms. The predicted molar refractivity (Wildman–Crippen MR) is 63.8 cm³/mol. The largest absolute Gasteiger partial charge is 0.345 e. The van der Waals surface area contributed by atoms with E-state index >= 15 is 0 Å². The summed E-state index contributed by atoms with van der Waals surface area (Å²) in [6.07, 6.45) is 5.14. The monoisotopic (exact) mass is 215 g/mol. The lowest BCUT2D eigenvalue weighted by Crippen LogP contribution is -2.11. The molecule has 1 N–H and O–H groups in total. The van der Waals surface area contributed by atoms with E-state index < -0.39 is 0 Å². The molecule has 0 saturated heterocycles. The number of hydrogen-bond acceptors (Lipinski definition) is 3. The van der Waals surface area contributed by atoms with Crippen LogP contribution in [0, 0.1) is 0 Å². The fourth-order valence-corrected chi connectivity index (χ4v) is 1.37. The van der Waals surface area contributed by atoms with E-state index in [-0.39, 0.29) is 0 Å². The van der Waals surface area contributed by atoms with Crippen molar-refractivity contribution in [2.24, 2.45) is 0 Å². The molecule has 0 spiro atoms. The number of nitrogens with zero attached hydrogens (tertiary/aromatic N) is 2. The molecule has 4 heteroatoms. The van der Waals surface area contributed by atoms with Crippen molar-refractivity contribution >= 4 is 22.9 Å². The molecule has 0 bridgehead atoms. The zero-order valence-corrected chi connectivity index (χ0v) is 8.74. The van der Waals surface area contributed by atoms with Crippen molar-refractivity contribution < 1.29 is 0 Å². The minimum atomic E-state index is 0.613. The van der Waals surface area contributed by atoms with Crippen LogP contribution in [0.3, 0.4) is 0 Å². The van der Waals surface area contributed by atoms with Gasteiger partial charge >= 0.3 is 0 Å². The van der Waals surface area contributed by atoms with Gasteiger partial charge in [0.15, 0.2) is 0 Å². The summed E-state index contributed by atoms with van der Waals surface area (Å²) >= 11 is 5.21. The highest BCUT2D eigenvalue weighted by Gasteiger charge is 2.00. The first-order chi connectivity index (χ1) is 7.36. The number of anilines is 1. The molecule has 3 nitrogen and oxygen atoms in total. The Kier molecular flexibility index (Phi) is 2.99. The molecule has 0 aromatic carbocycles. The van der Waals surface area contributed by atoms with Gasteiger partial charge in [-0.3, -0.25) is 9.97 Å². The van der Waals surface area contributed by atoms with E-state index in [0.717, 1.165) is 11.4 Å². The Hall–Kier alpha value is -1.81. The zero-order valence-electron chi connectivity index (χ0n) is 7.92. The van der Waals surface area contributed by atoms with E-state index in [1.54, 1.807) is 18.6 Å². The van der Waals surface area contributed by atoms with Crippen molar-refractivity contribution in [3.05, 3.63) is 54.6 Å². The van der Waals surface area contributed by atoms with Crippen LogP contribution in [0.4, 0.5) is 5.69 Å². The second-order valence-electron chi connectivity index (χ2n) is 2.90. The van der Waals surface area contributed by atoms with Gasteiger partial charge in [-0.1, -0.05) is 18.3 Å². The average Bonchev–Trinajstić information content (AvgIpc) is 2.31. The quantitative estimate of drug-likeness (QED) is 0.780. The molecule has 0 aliphatic rings. The van der Waals surface area contributed by atoms with Crippen LogP contribution in [0.25, 0.3) is 0 Å². The van der Waals surface area contributed by atoms with Crippen LogP contribution in [0.5, 0.6) is 0 Å². The number of hydrogen-bond donors (Lipinski definition) is 1. The molecule has 0 atom stereocenters. The van der Waals surface area contributed by atoms with Gasteiger partial charge in [-0.25, -0.2) is 0 Å². The average molecular weight is 215 g/mol. The van der Waals surface area contributed by atoms with E-state index in [4.69, 9.17) is 12.2 Å². The van der Waals surface area contributed by atoms with E-state index in [2.05, 4.69) is 15.3 Å². The van der Waals surface area contributed by atoms with Crippen molar-refractivity contribution in [3.63, 3.8) is 0 Å². The first-order valence-corrected chi connectivity index (χ1v) is 4.89. The van der Waals surface area contributed by atoms with Crippen molar-refractivity contribution in [2.45, 2.75) is 0 Å². The van der Waals surface area contributed by atoms with Crippen LogP contribution >= 0.6 is 12.2 Å². The highest BCUT2D eigenvalue weighted by molar-refractivity contribution is 7.81. The van der Waals surface area contributed by atoms with Crippen LogP contribution in [-0.4, -0.2) is 15.0 Å². The first kappa shape index (κ1) is 9.73. The van der Waals surface area contributed by atoms with Gasteiger partial charge in [0.05, 0.1) is 5.69 Å². The van der Waals surface area contributed by atoms with Gasteiger partial charge in [-0.15, -0.1) is 0 Å².